The molecule has 4 heteroatoms. The van der Waals surface area contributed by atoms with Gasteiger partial charge in [0.05, 0.1) is 0 Å². The Morgan fingerprint density at radius 3 is 1.21 bits per heavy atom. The number of benzene rings is 2. The Kier molecular flexibility index (Phi) is 5.07. The fourth-order valence-electron chi connectivity index (χ4n) is 2.34. The lowest BCUT2D eigenvalue weighted by atomic mass is 9.98. The van der Waals surface area contributed by atoms with Crippen LogP contribution in [0.2, 0.25) is 0 Å². The van der Waals surface area contributed by atoms with Crippen molar-refractivity contribution in [1.29, 1.82) is 0 Å². The Labute approximate surface area is 142 Å². The summed E-state index contributed by atoms with van der Waals surface area (Å²) in [5, 5.41) is 0. The Balaban J connectivity index is 2.06. The van der Waals surface area contributed by atoms with Gasteiger partial charge >= 0.3 is 11.9 Å². The molecule has 24 heavy (non-hydrogen) atoms. The first kappa shape index (κ1) is 17.7. The van der Waals surface area contributed by atoms with E-state index in [2.05, 4.69) is 0 Å². The van der Waals surface area contributed by atoms with Crippen LogP contribution in [-0.2, 0) is 30.3 Å². The van der Waals surface area contributed by atoms with Crippen LogP contribution in [-0.4, -0.2) is 11.9 Å². The van der Waals surface area contributed by atoms with Gasteiger partial charge in [0, 0.05) is 0 Å². The Hall–Kier alpha value is -2.62. The van der Waals surface area contributed by atoms with Crippen molar-refractivity contribution in [3.8, 4) is 0 Å². The van der Waals surface area contributed by atoms with E-state index in [9.17, 15) is 9.59 Å². The van der Waals surface area contributed by atoms with Gasteiger partial charge < -0.3 is 9.47 Å². The summed E-state index contributed by atoms with van der Waals surface area (Å²) in [5.41, 5.74) is -0.246. The number of rotatable bonds is 4. The minimum atomic E-state index is -1.01. The highest BCUT2D eigenvalue weighted by Crippen LogP contribution is 2.27. The molecule has 0 amide bonds. The third-order valence-corrected chi connectivity index (χ3v) is 3.80. The van der Waals surface area contributed by atoms with Crippen LogP contribution in [0.15, 0.2) is 60.7 Å². The standard InChI is InChI=1S/C20H22O4/c1-19(2,15-11-7-5-8-12-15)23-17(21)18(22)24-20(3,4)16-13-9-6-10-14-16/h5-14H,1-4H3. The summed E-state index contributed by atoms with van der Waals surface area (Å²) in [6.45, 7) is 6.93. The third kappa shape index (κ3) is 4.22. The zero-order chi connectivity index (χ0) is 17.8. The van der Waals surface area contributed by atoms with Crippen LogP contribution in [0.1, 0.15) is 38.8 Å². The quantitative estimate of drug-likeness (QED) is 0.631. The van der Waals surface area contributed by atoms with Crippen LogP contribution in [0, 0.1) is 0 Å². The number of carbonyl (C=O) groups is 2. The first-order valence-corrected chi connectivity index (χ1v) is 7.80. The average molecular weight is 326 g/mol. The molecule has 4 nitrogen and oxygen atoms in total. The highest BCUT2D eigenvalue weighted by Gasteiger charge is 2.33. The zero-order valence-electron chi connectivity index (χ0n) is 14.4. The Bertz CT molecular complexity index is 639. The van der Waals surface area contributed by atoms with E-state index in [4.69, 9.17) is 9.47 Å². The summed E-state index contributed by atoms with van der Waals surface area (Å²) in [7, 11) is 0. The van der Waals surface area contributed by atoms with E-state index in [0.717, 1.165) is 11.1 Å². The molecule has 0 bridgehead atoms. The van der Waals surface area contributed by atoms with Crippen LogP contribution < -0.4 is 0 Å². The molecule has 2 rings (SSSR count). The predicted molar refractivity (Wildman–Crippen MR) is 91.1 cm³/mol. The fourth-order valence-corrected chi connectivity index (χ4v) is 2.34. The van der Waals surface area contributed by atoms with Crippen molar-refractivity contribution in [3.63, 3.8) is 0 Å². The van der Waals surface area contributed by atoms with Gasteiger partial charge in [0.25, 0.3) is 0 Å². The fraction of sp³-hybridized carbons (Fsp3) is 0.300. The van der Waals surface area contributed by atoms with Gasteiger partial charge in [0.2, 0.25) is 0 Å². The molecule has 0 aliphatic rings. The second kappa shape index (κ2) is 6.87. The van der Waals surface area contributed by atoms with Crippen molar-refractivity contribution < 1.29 is 19.1 Å². The maximum atomic E-state index is 12.1. The van der Waals surface area contributed by atoms with Crippen molar-refractivity contribution in [2.24, 2.45) is 0 Å². The molecule has 0 aliphatic heterocycles. The van der Waals surface area contributed by atoms with Crippen molar-refractivity contribution >= 4 is 11.9 Å². The van der Waals surface area contributed by atoms with Crippen molar-refractivity contribution in [1.82, 2.24) is 0 Å². The lowest BCUT2D eigenvalue weighted by Gasteiger charge is -2.28. The first-order chi connectivity index (χ1) is 11.2. The highest BCUT2D eigenvalue weighted by molar-refractivity contribution is 6.29. The first-order valence-electron chi connectivity index (χ1n) is 7.80. The second-order valence-corrected chi connectivity index (χ2v) is 6.53. The van der Waals surface area contributed by atoms with Gasteiger partial charge in [-0.15, -0.1) is 0 Å². The van der Waals surface area contributed by atoms with E-state index in [1.54, 1.807) is 27.7 Å². The van der Waals surface area contributed by atoms with Gasteiger partial charge in [-0.1, -0.05) is 60.7 Å². The van der Waals surface area contributed by atoms with Gasteiger partial charge in [-0.25, -0.2) is 9.59 Å². The molecular weight excluding hydrogens is 304 g/mol. The van der Waals surface area contributed by atoms with Gasteiger partial charge in [-0.05, 0) is 38.8 Å². The van der Waals surface area contributed by atoms with Crippen molar-refractivity contribution in [2.45, 2.75) is 38.9 Å². The lowest BCUT2D eigenvalue weighted by Crippen LogP contribution is -2.35. The van der Waals surface area contributed by atoms with Crippen LogP contribution in [0.5, 0.6) is 0 Å². The summed E-state index contributed by atoms with van der Waals surface area (Å²) in [6.07, 6.45) is 0. The van der Waals surface area contributed by atoms with Crippen LogP contribution in [0.25, 0.3) is 0 Å². The molecule has 0 N–H and O–H groups in total. The minimum absolute atomic E-state index is 0.800. The van der Waals surface area contributed by atoms with E-state index in [1.165, 1.54) is 0 Å². The molecule has 2 aromatic rings. The summed E-state index contributed by atoms with van der Waals surface area (Å²) >= 11 is 0. The van der Waals surface area contributed by atoms with Crippen molar-refractivity contribution in [3.05, 3.63) is 71.8 Å². The molecule has 0 aliphatic carbocycles. The lowest BCUT2D eigenvalue weighted by molar-refractivity contribution is -0.183. The van der Waals surface area contributed by atoms with Gasteiger partial charge in [-0.3, -0.25) is 0 Å². The molecule has 0 spiro atoms. The monoisotopic (exact) mass is 326 g/mol. The molecule has 0 radical (unpaired) electrons. The van der Waals surface area contributed by atoms with Gasteiger partial charge in [0.15, 0.2) is 0 Å². The van der Waals surface area contributed by atoms with Gasteiger partial charge in [-0.2, -0.15) is 0 Å². The SMILES string of the molecule is CC(C)(OC(=O)C(=O)OC(C)(C)c1ccccc1)c1ccccc1. The second-order valence-electron chi connectivity index (χ2n) is 6.53. The molecule has 0 saturated heterocycles. The van der Waals surface area contributed by atoms with E-state index < -0.39 is 23.1 Å². The van der Waals surface area contributed by atoms with Crippen molar-refractivity contribution in [2.75, 3.05) is 0 Å². The topological polar surface area (TPSA) is 52.6 Å². The third-order valence-electron chi connectivity index (χ3n) is 3.80. The summed E-state index contributed by atoms with van der Waals surface area (Å²) in [4.78, 5) is 24.3. The molecule has 2 aromatic carbocycles. The molecule has 0 unspecified atom stereocenters. The normalized spacial score (nSPS) is 11.7. The smallest absolute Gasteiger partial charge is 0.418 e. The maximum absolute atomic E-state index is 12.1. The molecule has 0 fully saturated rings. The van der Waals surface area contributed by atoms with E-state index >= 15 is 0 Å². The van der Waals surface area contributed by atoms with Crippen LogP contribution in [0.3, 0.4) is 0 Å². The molecule has 0 saturated carbocycles. The highest BCUT2D eigenvalue weighted by atomic mass is 16.6. The summed E-state index contributed by atoms with van der Waals surface area (Å²) < 4.78 is 10.7. The van der Waals surface area contributed by atoms with Crippen LogP contribution in [0.4, 0.5) is 0 Å². The maximum Gasteiger partial charge on any atom is 0.418 e. The largest absolute Gasteiger partial charge is 0.446 e. The van der Waals surface area contributed by atoms with Gasteiger partial charge in [0.1, 0.15) is 11.2 Å². The van der Waals surface area contributed by atoms with E-state index in [1.807, 2.05) is 60.7 Å². The molecule has 126 valence electrons. The zero-order valence-corrected chi connectivity index (χ0v) is 14.4. The van der Waals surface area contributed by atoms with Crippen LogP contribution >= 0.6 is 0 Å². The summed E-state index contributed by atoms with van der Waals surface area (Å²) in [6, 6.07) is 18.5. The molecule has 0 atom stereocenters. The number of ether oxygens (including phenoxy) is 2. The average Bonchev–Trinajstić information content (AvgIpc) is 2.55. The number of esters is 2. The summed E-state index contributed by atoms with van der Waals surface area (Å²) in [5.74, 6) is -2.01. The van der Waals surface area contributed by atoms with E-state index in [0.29, 0.717) is 0 Å². The minimum Gasteiger partial charge on any atom is -0.446 e. The number of carbonyl (C=O) groups excluding carboxylic acids is 2. The molecule has 0 heterocycles. The number of hydrogen-bond donors (Lipinski definition) is 0. The molecule has 0 aromatic heterocycles. The predicted octanol–water partition coefficient (Wildman–Crippen LogP) is 3.94. The number of hydrogen-bond acceptors (Lipinski definition) is 4. The molecular formula is C20H22O4. The van der Waals surface area contributed by atoms with E-state index in [-0.39, 0.29) is 0 Å². The Morgan fingerprint density at radius 2 is 0.917 bits per heavy atom. The Morgan fingerprint density at radius 1 is 0.625 bits per heavy atom.